The Hall–Kier alpha value is -3.48. The van der Waals surface area contributed by atoms with Gasteiger partial charge in [-0.2, -0.15) is 0 Å². The number of carbonyl (C=O) groups is 1. The molecular formula is C21H22N2O5. The average Bonchev–Trinajstić information content (AvgIpc) is 3.03. The molecule has 0 radical (unpaired) electrons. The fourth-order valence-corrected chi connectivity index (χ4v) is 2.65. The van der Waals surface area contributed by atoms with Crippen LogP contribution in [0, 0.1) is 13.8 Å². The summed E-state index contributed by atoms with van der Waals surface area (Å²) < 4.78 is 21.3. The van der Waals surface area contributed by atoms with Crippen molar-refractivity contribution in [1.82, 2.24) is 5.16 Å². The molecule has 0 spiro atoms. The molecule has 0 saturated carbocycles. The van der Waals surface area contributed by atoms with E-state index in [-0.39, 0.29) is 5.91 Å². The molecule has 2 aromatic carbocycles. The number of hydrogen-bond acceptors (Lipinski definition) is 6. The van der Waals surface area contributed by atoms with Crippen molar-refractivity contribution in [2.75, 3.05) is 19.5 Å². The second kappa shape index (κ2) is 8.47. The van der Waals surface area contributed by atoms with E-state index in [1.165, 1.54) is 0 Å². The Morgan fingerprint density at radius 3 is 2.18 bits per heavy atom. The van der Waals surface area contributed by atoms with Crippen LogP contribution in [0.5, 0.6) is 17.2 Å². The third-order valence-corrected chi connectivity index (χ3v) is 4.29. The van der Waals surface area contributed by atoms with Gasteiger partial charge in [-0.05, 0) is 38.1 Å². The Morgan fingerprint density at radius 1 is 1.00 bits per heavy atom. The number of aryl methyl sites for hydroxylation is 2. The van der Waals surface area contributed by atoms with Gasteiger partial charge in [0.2, 0.25) is 0 Å². The summed E-state index contributed by atoms with van der Waals surface area (Å²) in [5, 5.41) is 6.74. The zero-order valence-corrected chi connectivity index (χ0v) is 16.2. The summed E-state index contributed by atoms with van der Waals surface area (Å²) in [6, 6.07) is 12.1. The van der Waals surface area contributed by atoms with Crippen molar-refractivity contribution < 1.29 is 23.5 Å². The monoisotopic (exact) mass is 382 g/mol. The maximum Gasteiger partial charge on any atom is 0.255 e. The second-order valence-electron chi connectivity index (χ2n) is 6.17. The lowest BCUT2D eigenvalue weighted by Crippen LogP contribution is -2.12. The molecule has 7 nitrogen and oxygen atoms in total. The molecule has 1 heterocycles. The van der Waals surface area contributed by atoms with E-state index in [2.05, 4.69) is 10.5 Å². The van der Waals surface area contributed by atoms with Crippen LogP contribution < -0.4 is 19.5 Å². The topological polar surface area (TPSA) is 82.8 Å². The molecule has 0 atom stereocenters. The van der Waals surface area contributed by atoms with E-state index in [0.29, 0.717) is 35.1 Å². The normalized spacial score (nSPS) is 10.4. The Bertz CT molecular complexity index is 922. The van der Waals surface area contributed by atoms with E-state index in [4.69, 9.17) is 18.7 Å². The highest BCUT2D eigenvalue weighted by molar-refractivity contribution is 6.04. The van der Waals surface area contributed by atoms with Crippen molar-refractivity contribution in [3.63, 3.8) is 0 Å². The van der Waals surface area contributed by atoms with E-state index in [1.807, 2.05) is 13.8 Å². The lowest BCUT2D eigenvalue weighted by molar-refractivity contribution is 0.102. The van der Waals surface area contributed by atoms with Crippen molar-refractivity contribution in [2.45, 2.75) is 20.5 Å². The number of ether oxygens (including phenoxy) is 3. The number of carbonyl (C=O) groups excluding carboxylic acids is 1. The van der Waals surface area contributed by atoms with Gasteiger partial charge in [0.1, 0.15) is 29.6 Å². The molecule has 1 amide bonds. The molecule has 1 N–H and O–H groups in total. The molecular weight excluding hydrogens is 360 g/mol. The highest BCUT2D eigenvalue weighted by atomic mass is 16.5. The van der Waals surface area contributed by atoms with Crippen LogP contribution in [0.3, 0.4) is 0 Å². The molecule has 3 rings (SSSR count). The van der Waals surface area contributed by atoms with E-state index < -0.39 is 0 Å². The van der Waals surface area contributed by atoms with Gasteiger partial charge in [0.25, 0.3) is 5.91 Å². The summed E-state index contributed by atoms with van der Waals surface area (Å²) in [6.45, 7) is 4.08. The fourth-order valence-electron chi connectivity index (χ4n) is 2.65. The molecule has 0 bridgehead atoms. The molecule has 7 heteroatoms. The average molecular weight is 382 g/mol. The number of hydrogen-bond donors (Lipinski definition) is 1. The van der Waals surface area contributed by atoms with Gasteiger partial charge in [-0.3, -0.25) is 4.79 Å². The Morgan fingerprint density at radius 2 is 1.64 bits per heavy atom. The number of aromatic nitrogens is 1. The lowest BCUT2D eigenvalue weighted by atomic mass is 10.2. The predicted molar refractivity (Wildman–Crippen MR) is 104 cm³/mol. The Balaban J connectivity index is 1.65. The Kier molecular flexibility index (Phi) is 5.84. The molecule has 1 aromatic heterocycles. The predicted octanol–water partition coefficient (Wildman–Crippen LogP) is 4.14. The molecule has 0 aliphatic heterocycles. The smallest absolute Gasteiger partial charge is 0.255 e. The summed E-state index contributed by atoms with van der Waals surface area (Å²) in [6.07, 6.45) is 0. The van der Waals surface area contributed by atoms with Crippen LogP contribution >= 0.6 is 0 Å². The molecule has 0 unspecified atom stereocenters. The summed E-state index contributed by atoms with van der Waals surface area (Å²) >= 11 is 0. The van der Waals surface area contributed by atoms with Crippen LogP contribution in [0.25, 0.3) is 0 Å². The molecule has 0 fully saturated rings. The fraction of sp³-hybridized carbons (Fsp3) is 0.238. The molecule has 3 aromatic rings. The van der Waals surface area contributed by atoms with Gasteiger partial charge in [0.05, 0.1) is 25.5 Å². The SMILES string of the molecule is COc1cc(NC(=O)c2ccc(OCc3c(C)noc3C)cc2)cc(OC)c1. The largest absolute Gasteiger partial charge is 0.497 e. The number of methoxy groups -OCH3 is 2. The molecule has 0 aliphatic rings. The van der Waals surface area contributed by atoms with Gasteiger partial charge < -0.3 is 24.1 Å². The number of nitrogens with one attached hydrogen (secondary N) is 1. The standard InChI is InChI=1S/C21H22N2O5/c1-13-20(14(2)28-23-13)12-27-17-7-5-15(6-8-17)21(24)22-16-9-18(25-3)11-19(10-16)26-4/h5-11H,12H2,1-4H3,(H,22,24). The first kappa shape index (κ1) is 19.3. The zero-order valence-electron chi connectivity index (χ0n) is 16.2. The molecule has 146 valence electrons. The first-order chi connectivity index (χ1) is 13.5. The van der Waals surface area contributed by atoms with Gasteiger partial charge in [-0.25, -0.2) is 0 Å². The van der Waals surface area contributed by atoms with Crippen LogP contribution in [0.1, 0.15) is 27.4 Å². The van der Waals surface area contributed by atoms with Gasteiger partial charge >= 0.3 is 0 Å². The minimum atomic E-state index is -0.243. The van der Waals surface area contributed by atoms with Crippen LogP contribution in [-0.2, 0) is 6.61 Å². The number of anilines is 1. The first-order valence-electron chi connectivity index (χ1n) is 8.69. The highest BCUT2D eigenvalue weighted by Gasteiger charge is 2.11. The van der Waals surface area contributed by atoms with Crippen molar-refractivity contribution in [3.8, 4) is 17.2 Å². The highest BCUT2D eigenvalue weighted by Crippen LogP contribution is 2.26. The second-order valence-corrected chi connectivity index (χ2v) is 6.17. The maximum absolute atomic E-state index is 12.5. The van der Waals surface area contributed by atoms with Crippen molar-refractivity contribution in [2.24, 2.45) is 0 Å². The van der Waals surface area contributed by atoms with Gasteiger partial charge in [-0.1, -0.05) is 5.16 Å². The minimum Gasteiger partial charge on any atom is -0.497 e. The summed E-state index contributed by atoms with van der Waals surface area (Å²) in [4.78, 5) is 12.5. The van der Waals surface area contributed by atoms with E-state index in [1.54, 1.807) is 56.7 Å². The number of benzene rings is 2. The molecule has 28 heavy (non-hydrogen) atoms. The lowest BCUT2D eigenvalue weighted by Gasteiger charge is -2.10. The van der Waals surface area contributed by atoms with Crippen LogP contribution in [-0.4, -0.2) is 25.3 Å². The maximum atomic E-state index is 12.5. The molecule has 0 saturated heterocycles. The first-order valence-corrected chi connectivity index (χ1v) is 8.69. The molecule has 0 aliphatic carbocycles. The third kappa shape index (κ3) is 4.43. The quantitative estimate of drug-likeness (QED) is 0.661. The summed E-state index contributed by atoms with van der Waals surface area (Å²) in [7, 11) is 3.11. The van der Waals surface area contributed by atoms with Crippen molar-refractivity contribution in [1.29, 1.82) is 0 Å². The zero-order chi connectivity index (χ0) is 20.1. The number of amides is 1. The number of nitrogens with zero attached hydrogens (tertiary/aromatic N) is 1. The van der Waals surface area contributed by atoms with E-state index in [9.17, 15) is 4.79 Å². The van der Waals surface area contributed by atoms with E-state index in [0.717, 1.165) is 17.0 Å². The van der Waals surface area contributed by atoms with Crippen molar-refractivity contribution in [3.05, 3.63) is 65.0 Å². The minimum absolute atomic E-state index is 0.243. The van der Waals surface area contributed by atoms with Gasteiger partial charge in [0.15, 0.2) is 0 Å². The van der Waals surface area contributed by atoms with Crippen LogP contribution in [0.15, 0.2) is 47.0 Å². The summed E-state index contributed by atoms with van der Waals surface area (Å²) in [5.41, 5.74) is 2.82. The van der Waals surface area contributed by atoms with E-state index >= 15 is 0 Å². The van der Waals surface area contributed by atoms with Gasteiger partial charge in [-0.15, -0.1) is 0 Å². The van der Waals surface area contributed by atoms with Crippen LogP contribution in [0.4, 0.5) is 5.69 Å². The number of rotatable bonds is 7. The Labute approximate surface area is 163 Å². The van der Waals surface area contributed by atoms with Crippen LogP contribution in [0.2, 0.25) is 0 Å². The third-order valence-electron chi connectivity index (χ3n) is 4.29. The summed E-state index contributed by atoms with van der Waals surface area (Å²) in [5.74, 6) is 2.34. The van der Waals surface area contributed by atoms with Crippen molar-refractivity contribution >= 4 is 11.6 Å². The van der Waals surface area contributed by atoms with Gasteiger partial charge in [0, 0.05) is 29.4 Å².